The Morgan fingerprint density at radius 1 is 1.62 bits per heavy atom. The van der Waals surface area contributed by atoms with Gasteiger partial charge in [0.05, 0.1) is 5.69 Å². The second kappa shape index (κ2) is 5.23. The van der Waals surface area contributed by atoms with Crippen LogP contribution in [-0.4, -0.2) is 30.0 Å². The zero-order valence-electron chi connectivity index (χ0n) is 9.53. The van der Waals surface area contributed by atoms with E-state index in [1.165, 1.54) is 0 Å². The van der Waals surface area contributed by atoms with Crippen molar-refractivity contribution in [3.63, 3.8) is 0 Å². The van der Waals surface area contributed by atoms with Crippen LogP contribution in [0, 0.1) is 0 Å². The molecule has 0 aromatic carbocycles. The van der Waals surface area contributed by atoms with Crippen LogP contribution in [0.2, 0.25) is 0 Å². The van der Waals surface area contributed by atoms with Gasteiger partial charge in [-0.15, -0.1) is 0 Å². The first-order valence-electron chi connectivity index (χ1n) is 5.61. The zero-order valence-corrected chi connectivity index (χ0v) is 9.53. The second-order valence-electron chi connectivity index (χ2n) is 3.95. The monoisotopic (exact) mass is 223 g/mol. The molecule has 0 saturated heterocycles. The maximum atomic E-state index is 11.7. The molecule has 5 nitrogen and oxygen atoms in total. The highest BCUT2D eigenvalue weighted by atomic mass is 16.5. The lowest BCUT2D eigenvalue weighted by atomic mass is 10.1. The van der Waals surface area contributed by atoms with Gasteiger partial charge in [0.25, 0.3) is 5.56 Å². The van der Waals surface area contributed by atoms with Crippen molar-refractivity contribution in [2.75, 3.05) is 20.3 Å². The third-order valence-corrected chi connectivity index (χ3v) is 2.74. The lowest BCUT2D eigenvalue weighted by Gasteiger charge is -2.16. The molecule has 0 atom stereocenters. The molecule has 0 radical (unpaired) electrons. The zero-order chi connectivity index (χ0) is 11.4. The lowest BCUT2D eigenvalue weighted by Crippen LogP contribution is -2.31. The van der Waals surface area contributed by atoms with Crippen LogP contribution in [0.15, 0.2) is 10.9 Å². The molecule has 16 heavy (non-hydrogen) atoms. The van der Waals surface area contributed by atoms with Crippen molar-refractivity contribution in [1.82, 2.24) is 15.1 Å². The van der Waals surface area contributed by atoms with Crippen LogP contribution < -0.4 is 10.9 Å². The minimum Gasteiger partial charge on any atom is -0.385 e. The van der Waals surface area contributed by atoms with E-state index in [2.05, 4.69) is 10.4 Å². The summed E-state index contributed by atoms with van der Waals surface area (Å²) < 4.78 is 6.51. The van der Waals surface area contributed by atoms with Gasteiger partial charge in [0.15, 0.2) is 0 Å². The van der Waals surface area contributed by atoms with Crippen LogP contribution in [0.3, 0.4) is 0 Å². The van der Waals surface area contributed by atoms with E-state index in [1.807, 2.05) is 0 Å². The van der Waals surface area contributed by atoms with Crippen molar-refractivity contribution in [1.29, 1.82) is 0 Å². The molecule has 0 bridgehead atoms. The van der Waals surface area contributed by atoms with Gasteiger partial charge in [-0.05, 0) is 12.0 Å². The van der Waals surface area contributed by atoms with Crippen LogP contribution in [0.4, 0.5) is 0 Å². The van der Waals surface area contributed by atoms with Crippen LogP contribution in [0.5, 0.6) is 0 Å². The molecular formula is C11H17N3O2. The summed E-state index contributed by atoms with van der Waals surface area (Å²) >= 11 is 0. The average molecular weight is 223 g/mol. The predicted octanol–water partition coefficient (Wildman–Crippen LogP) is -0.0745. The van der Waals surface area contributed by atoms with Crippen molar-refractivity contribution >= 4 is 0 Å². The SMILES string of the molecule is COCCCn1nc2c(cc1=O)CNCC2. The summed E-state index contributed by atoms with van der Waals surface area (Å²) in [4.78, 5) is 11.7. The standard InChI is InChI=1S/C11H17N3O2/c1-16-6-2-5-14-11(15)7-9-8-12-4-3-10(9)13-14/h7,12H,2-6,8H2,1H3. The summed E-state index contributed by atoms with van der Waals surface area (Å²) in [5, 5.41) is 7.63. The quantitative estimate of drug-likeness (QED) is 0.726. The van der Waals surface area contributed by atoms with Gasteiger partial charge in [-0.3, -0.25) is 4.79 Å². The van der Waals surface area contributed by atoms with Crippen molar-refractivity contribution in [3.05, 3.63) is 27.7 Å². The molecule has 2 heterocycles. The van der Waals surface area contributed by atoms with Gasteiger partial charge in [0, 0.05) is 45.8 Å². The predicted molar refractivity (Wildman–Crippen MR) is 60.4 cm³/mol. The first kappa shape index (κ1) is 11.3. The normalized spacial score (nSPS) is 14.8. The molecule has 0 fully saturated rings. The summed E-state index contributed by atoms with van der Waals surface area (Å²) in [7, 11) is 1.66. The first-order valence-corrected chi connectivity index (χ1v) is 5.61. The maximum Gasteiger partial charge on any atom is 0.267 e. The number of methoxy groups -OCH3 is 1. The van der Waals surface area contributed by atoms with Gasteiger partial charge in [-0.25, -0.2) is 4.68 Å². The molecule has 0 unspecified atom stereocenters. The molecule has 1 aromatic heterocycles. The highest BCUT2D eigenvalue weighted by Gasteiger charge is 2.12. The third-order valence-electron chi connectivity index (χ3n) is 2.74. The van der Waals surface area contributed by atoms with E-state index in [0.717, 1.165) is 37.2 Å². The van der Waals surface area contributed by atoms with E-state index >= 15 is 0 Å². The average Bonchev–Trinajstić information content (AvgIpc) is 2.30. The Labute approximate surface area is 94.4 Å². The Morgan fingerprint density at radius 3 is 3.31 bits per heavy atom. The topological polar surface area (TPSA) is 56.2 Å². The molecule has 0 spiro atoms. The second-order valence-corrected chi connectivity index (χ2v) is 3.95. The van der Waals surface area contributed by atoms with Gasteiger partial charge in [0.1, 0.15) is 0 Å². The van der Waals surface area contributed by atoms with Crippen LogP contribution in [-0.2, 0) is 24.2 Å². The number of aromatic nitrogens is 2. The Hall–Kier alpha value is -1.20. The Morgan fingerprint density at radius 2 is 2.50 bits per heavy atom. The Balaban J connectivity index is 2.16. The third kappa shape index (κ3) is 2.48. The number of fused-ring (bicyclic) bond motifs is 1. The molecule has 1 aliphatic heterocycles. The van der Waals surface area contributed by atoms with E-state index in [4.69, 9.17) is 4.74 Å². The minimum absolute atomic E-state index is 0.0152. The molecule has 5 heteroatoms. The molecule has 1 aliphatic rings. The van der Waals surface area contributed by atoms with Crippen molar-refractivity contribution < 1.29 is 4.74 Å². The fourth-order valence-corrected chi connectivity index (χ4v) is 1.88. The Kier molecular flexibility index (Phi) is 3.69. The van der Waals surface area contributed by atoms with E-state index in [0.29, 0.717) is 13.2 Å². The number of rotatable bonds is 4. The van der Waals surface area contributed by atoms with Crippen LogP contribution >= 0.6 is 0 Å². The largest absolute Gasteiger partial charge is 0.385 e. The summed E-state index contributed by atoms with van der Waals surface area (Å²) in [6.45, 7) is 2.99. The number of nitrogens with zero attached hydrogens (tertiary/aromatic N) is 2. The van der Waals surface area contributed by atoms with Crippen molar-refractivity contribution in [2.45, 2.75) is 25.9 Å². The number of ether oxygens (including phenoxy) is 1. The van der Waals surface area contributed by atoms with Crippen molar-refractivity contribution in [3.8, 4) is 0 Å². The molecule has 0 amide bonds. The molecule has 88 valence electrons. The fraction of sp³-hybridized carbons (Fsp3) is 0.636. The molecular weight excluding hydrogens is 206 g/mol. The number of aryl methyl sites for hydroxylation is 1. The summed E-state index contributed by atoms with van der Waals surface area (Å²) in [6, 6.07) is 1.70. The van der Waals surface area contributed by atoms with Gasteiger partial charge >= 0.3 is 0 Å². The van der Waals surface area contributed by atoms with E-state index in [9.17, 15) is 4.79 Å². The summed E-state index contributed by atoms with van der Waals surface area (Å²) in [6.07, 6.45) is 1.72. The van der Waals surface area contributed by atoms with Crippen LogP contribution in [0.25, 0.3) is 0 Å². The van der Waals surface area contributed by atoms with Gasteiger partial charge in [0.2, 0.25) is 0 Å². The van der Waals surface area contributed by atoms with Gasteiger partial charge < -0.3 is 10.1 Å². The molecule has 0 saturated carbocycles. The van der Waals surface area contributed by atoms with Gasteiger partial charge in [-0.1, -0.05) is 0 Å². The maximum absolute atomic E-state index is 11.7. The fourth-order valence-electron chi connectivity index (χ4n) is 1.88. The van der Waals surface area contributed by atoms with Gasteiger partial charge in [-0.2, -0.15) is 5.10 Å². The number of nitrogens with one attached hydrogen (secondary N) is 1. The molecule has 1 aromatic rings. The minimum atomic E-state index is -0.0152. The number of hydrogen-bond donors (Lipinski definition) is 1. The van der Waals surface area contributed by atoms with Crippen molar-refractivity contribution in [2.24, 2.45) is 0 Å². The van der Waals surface area contributed by atoms with E-state index < -0.39 is 0 Å². The molecule has 2 rings (SSSR count). The lowest BCUT2D eigenvalue weighted by molar-refractivity contribution is 0.188. The van der Waals surface area contributed by atoms with E-state index in [-0.39, 0.29) is 5.56 Å². The summed E-state index contributed by atoms with van der Waals surface area (Å²) in [5.41, 5.74) is 2.08. The molecule has 1 N–H and O–H groups in total. The molecule has 0 aliphatic carbocycles. The first-order chi connectivity index (χ1) is 7.81. The number of hydrogen-bond acceptors (Lipinski definition) is 4. The van der Waals surface area contributed by atoms with E-state index in [1.54, 1.807) is 17.9 Å². The smallest absolute Gasteiger partial charge is 0.267 e. The highest BCUT2D eigenvalue weighted by molar-refractivity contribution is 5.20. The summed E-state index contributed by atoms with van der Waals surface area (Å²) in [5.74, 6) is 0. The highest BCUT2D eigenvalue weighted by Crippen LogP contribution is 2.07. The van der Waals surface area contributed by atoms with Crippen LogP contribution in [0.1, 0.15) is 17.7 Å². The Bertz CT molecular complexity index is 414.